The van der Waals surface area contributed by atoms with Crippen LogP contribution in [-0.2, 0) is 24.8 Å². The number of nitrogens with zero attached hydrogens (tertiary/aromatic N) is 2. The van der Waals surface area contributed by atoms with E-state index in [0.717, 1.165) is 42.4 Å². The Labute approximate surface area is 115 Å². The molecule has 0 unspecified atom stereocenters. The molecule has 1 heterocycles. The molecule has 0 saturated heterocycles. The monoisotopic (exact) mass is 273 g/mol. The molecule has 0 atom stereocenters. The van der Waals surface area contributed by atoms with Gasteiger partial charge in [-0.2, -0.15) is 5.10 Å². The van der Waals surface area contributed by atoms with Crippen LogP contribution in [-0.4, -0.2) is 29.0 Å². The van der Waals surface area contributed by atoms with E-state index in [1.54, 1.807) is 0 Å². The zero-order valence-corrected chi connectivity index (χ0v) is 12.5. The van der Waals surface area contributed by atoms with Crippen molar-refractivity contribution in [3.63, 3.8) is 0 Å². The van der Waals surface area contributed by atoms with E-state index in [2.05, 4.69) is 31.2 Å². The number of hydrogen-bond acceptors (Lipinski definition) is 3. The Kier molecular flexibility index (Phi) is 6.68. The van der Waals surface area contributed by atoms with E-state index >= 15 is 0 Å². The van der Waals surface area contributed by atoms with Gasteiger partial charge in [-0.05, 0) is 19.4 Å². The fourth-order valence-electron chi connectivity index (χ4n) is 1.71. The van der Waals surface area contributed by atoms with Crippen molar-refractivity contribution in [1.82, 2.24) is 15.1 Å². The topological polar surface area (TPSA) is 39.1 Å². The quantitative estimate of drug-likeness (QED) is 0.740. The number of rotatable bonds is 8. The summed E-state index contributed by atoms with van der Waals surface area (Å²) in [5.74, 6) is 0. The highest BCUT2D eigenvalue weighted by Gasteiger charge is 2.12. The summed E-state index contributed by atoms with van der Waals surface area (Å²) in [5, 5.41) is 8.47. The van der Waals surface area contributed by atoms with Gasteiger partial charge in [-0.15, -0.1) is 0 Å². The summed E-state index contributed by atoms with van der Waals surface area (Å²) >= 11 is 6.24. The third kappa shape index (κ3) is 4.59. The van der Waals surface area contributed by atoms with Gasteiger partial charge in [0.05, 0.1) is 23.0 Å². The van der Waals surface area contributed by atoms with Gasteiger partial charge in [0.25, 0.3) is 0 Å². The van der Waals surface area contributed by atoms with Crippen LogP contribution < -0.4 is 5.32 Å². The molecule has 0 aliphatic rings. The molecule has 104 valence electrons. The third-order valence-electron chi connectivity index (χ3n) is 2.76. The molecule has 5 heteroatoms. The van der Waals surface area contributed by atoms with E-state index in [1.807, 2.05) is 11.7 Å². The highest BCUT2D eigenvalue weighted by molar-refractivity contribution is 6.31. The number of ether oxygens (including phenoxy) is 1. The largest absolute Gasteiger partial charge is 0.375 e. The van der Waals surface area contributed by atoms with Crippen LogP contribution in [0.15, 0.2) is 0 Å². The molecule has 1 N–H and O–H groups in total. The molecule has 1 rings (SSSR count). The first kappa shape index (κ1) is 15.5. The molecule has 0 radical (unpaired) electrons. The second kappa shape index (κ2) is 7.77. The van der Waals surface area contributed by atoms with Crippen LogP contribution >= 0.6 is 11.6 Å². The van der Waals surface area contributed by atoms with Gasteiger partial charge in [-0.25, -0.2) is 0 Å². The molecule has 0 aliphatic heterocycles. The fraction of sp³-hybridized carbons (Fsp3) is 0.769. The van der Waals surface area contributed by atoms with Gasteiger partial charge in [0.15, 0.2) is 0 Å². The zero-order valence-electron chi connectivity index (χ0n) is 11.8. The van der Waals surface area contributed by atoms with Gasteiger partial charge >= 0.3 is 0 Å². The first-order chi connectivity index (χ1) is 8.56. The van der Waals surface area contributed by atoms with E-state index in [-0.39, 0.29) is 0 Å². The lowest BCUT2D eigenvalue weighted by Crippen LogP contribution is -2.24. The molecule has 0 fully saturated rings. The van der Waals surface area contributed by atoms with Crippen molar-refractivity contribution in [2.75, 3.05) is 13.2 Å². The summed E-state index contributed by atoms with van der Waals surface area (Å²) < 4.78 is 7.45. The van der Waals surface area contributed by atoms with E-state index in [4.69, 9.17) is 16.3 Å². The Morgan fingerprint density at radius 3 is 2.72 bits per heavy atom. The second-order valence-electron chi connectivity index (χ2n) is 4.70. The maximum Gasteiger partial charge on any atom is 0.0899 e. The summed E-state index contributed by atoms with van der Waals surface area (Å²) in [5.41, 5.74) is 1.91. The van der Waals surface area contributed by atoms with E-state index in [9.17, 15) is 0 Å². The predicted octanol–water partition coefficient (Wildman–Crippen LogP) is 2.54. The van der Waals surface area contributed by atoms with Crippen molar-refractivity contribution < 1.29 is 4.74 Å². The minimum absolute atomic E-state index is 0.531. The summed E-state index contributed by atoms with van der Waals surface area (Å²) in [6.45, 7) is 8.59. The predicted molar refractivity (Wildman–Crippen MR) is 75.0 cm³/mol. The van der Waals surface area contributed by atoms with Gasteiger partial charge in [-0.3, -0.25) is 4.68 Å². The van der Waals surface area contributed by atoms with Crippen molar-refractivity contribution >= 4 is 11.6 Å². The van der Waals surface area contributed by atoms with Crippen molar-refractivity contribution in [2.45, 2.75) is 46.3 Å². The SMILES string of the molecule is CCc1nn(C)c(COCCCNC(C)C)c1Cl. The lowest BCUT2D eigenvalue weighted by molar-refractivity contribution is 0.113. The lowest BCUT2D eigenvalue weighted by atomic mass is 10.3. The van der Waals surface area contributed by atoms with Crippen LogP contribution in [0.25, 0.3) is 0 Å². The highest BCUT2D eigenvalue weighted by atomic mass is 35.5. The second-order valence-corrected chi connectivity index (χ2v) is 5.08. The molecule has 4 nitrogen and oxygen atoms in total. The van der Waals surface area contributed by atoms with E-state index in [0.29, 0.717) is 12.6 Å². The van der Waals surface area contributed by atoms with Gasteiger partial charge in [-0.1, -0.05) is 32.4 Å². The normalized spacial score (nSPS) is 11.4. The maximum absolute atomic E-state index is 6.24. The minimum Gasteiger partial charge on any atom is -0.375 e. The average molecular weight is 274 g/mol. The van der Waals surface area contributed by atoms with E-state index in [1.165, 1.54) is 0 Å². The van der Waals surface area contributed by atoms with Gasteiger partial charge in [0.1, 0.15) is 0 Å². The Balaban J connectivity index is 2.29. The first-order valence-electron chi connectivity index (χ1n) is 6.57. The minimum atomic E-state index is 0.531. The Morgan fingerprint density at radius 2 is 2.17 bits per heavy atom. The molecular formula is C13H24ClN3O. The molecule has 1 aromatic heterocycles. The molecular weight excluding hydrogens is 250 g/mol. The molecule has 0 spiro atoms. The van der Waals surface area contributed by atoms with Crippen LogP contribution in [0.2, 0.25) is 5.02 Å². The van der Waals surface area contributed by atoms with Gasteiger partial charge in [0, 0.05) is 19.7 Å². The zero-order chi connectivity index (χ0) is 13.5. The van der Waals surface area contributed by atoms with Gasteiger partial charge in [0.2, 0.25) is 0 Å². The Bertz CT molecular complexity index is 363. The summed E-state index contributed by atoms with van der Waals surface area (Å²) in [6, 6.07) is 0.531. The number of aryl methyl sites for hydroxylation is 2. The molecule has 0 saturated carbocycles. The number of hydrogen-bond donors (Lipinski definition) is 1. The van der Waals surface area contributed by atoms with Crippen molar-refractivity contribution in [1.29, 1.82) is 0 Å². The summed E-state index contributed by atoms with van der Waals surface area (Å²) in [4.78, 5) is 0. The van der Waals surface area contributed by atoms with Crippen LogP contribution in [0.1, 0.15) is 38.6 Å². The van der Waals surface area contributed by atoms with Crippen LogP contribution in [0.3, 0.4) is 0 Å². The number of nitrogens with one attached hydrogen (secondary N) is 1. The molecule has 0 aliphatic carbocycles. The Hall–Kier alpha value is -0.580. The average Bonchev–Trinajstić information content (AvgIpc) is 2.59. The number of aromatic nitrogens is 2. The standard InChI is InChI=1S/C13H24ClN3O/c1-5-11-13(14)12(17(4)16-11)9-18-8-6-7-15-10(2)3/h10,15H,5-9H2,1-4H3. The fourth-order valence-corrected chi connectivity index (χ4v) is 2.06. The van der Waals surface area contributed by atoms with E-state index < -0.39 is 0 Å². The van der Waals surface area contributed by atoms with Crippen molar-refractivity contribution in [2.24, 2.45) is 7.05 Å². The van der Waals surface area contributed by atoms with Crippen molar-refractivity contribution in [3.05, 3.63) is 16.4 Å². The Morgan fingerprint density at radius 1 is 1.44 bits per heavy atom. The number of halogens is 1. The van der Waals surface area contributed by atoms with Crippen molar-refractivity contribution in [3.8, 4) is 0 Å². The molecule has 1 aromatic rings. The summed E-state index contributed by atoms with van der Waals surface area (Å²) in [6.07, 6.45) is 1.86. The van der Waals surface area contributed by atoms with Crippen LogP contribution in [0.5, 0.6) is 0 Å². The summed E-state index contributed by atoms with van der Waals surface area (Å²) in [7, 11) is 1.91. The van der Waals surface area contributed by atoms with Gasteiger partial charge < -0.3 is 10.1 Å². The first-order valence-corrected chi connectivity index (χ1v) is 6.95. The van der Waals surface area contributed by atoms with Crippen LogP contribution in [0.4, 0.5) is 0 Å². The molecule has 0 aromatic carbocycles. The molecule has 18 heavy (non-hydrogen) atoms. The third-order valence-corrected chi connectivity index (χ3v) is 3.20. The molecule has 0 bridgehead atoms. The highest BCUT2D eigenvalue weighted by Crippen LogP contribution is 2.21. The lowest BCUT2D eigenvalue weighted by Gasteiger charge is -2.08. The van der Waals surface area contributed by atoms with Crippen LogP contribution in [0, 0.1) is 0 Å². The maximum atomic E-state index is 6.24. The smallest absolute Gasteiger partial charge is 0.0899 e. The molecule has 0 amide bonds.